The summed E-state index contributed by atoms with van der Waals surface area (Å²) in [6.45, 7) is -0.137. The molecule has 0 radical (unpaired) electrons. The lowest BCUT2D eigenvalue weighted by Crippen LogP contribution is -2.62. The number of nitrogens with zero attached hydrogens (tertiary/aromatic N) is 2. The topological polar surface area (TPSA) is 23.6 Å². The summed E-state index contributed by atoms with van der Waals surface area (Å²) < 4.78 is 26.5. The van der Waals surface area contributed by atoms with E-state index in [2.05, 4.69) is 42.5 Å². The second-order valence-electron chi connectivity index (χ2n) is 9.02. The van der Waals surface area contributed by atoms with E-state index in [4.69, 9.17) is 0 Å². The molecule has 1 aromatic rings. The first kappa shape index (κ1) is 17.9. The van der Waals surface area contributed by atoms with E-state index in [0.29, 0.717) is 0 Å². The second kappa shape index (κ2) is 6.43. The summed E-state index contributed by atoms with van der Waals surface area (Å²) in [7, 11) is 0. The van der Waals surface area contributed by atoms with E-state index in [0.717, 1.165) is 45.1 Å². The zero-order chi connectivity index (χ0) is 19.4. The van der Waals surface area contributed by atoms with Gasteiger partial charge in [0.25, 0.3) is 5.92 Å². The first-order valence-electron chi connectivity index (χ1n) is 10.3. The monoisotopic (exact) mass is 384 g/mol. The van der Waals surface area contributed by atoms with Crippen molar-refractivity contribution in [3.8, 4) is 0 Å². The number of rotatable bonds is 3. The SMILES string of the molecule is O=C(N1CC(F)(F)C1)N1CC2(CC2)CC1Cc1cccc(C2=CCCC=C2)c1. The van der Waals surface area contributed by atoms with Gasteiger partial charge in [-0.3, -0.25) is 0 Å². The van der Waals surface area contributed by atoms with Crippen molar-refractivity contribution in [2.75, 3.05) is 19.6 Å². The number of likely N-dealkylation sites (tertiary alicyclic amines) is 2. The Kier molecular flexibility index (Phi) is 4.11. The third-order valence-corrected chi connectivity index (χ3v) is 6.66. The van der Waals surface area contributed by atoms with E-state index < -0.39 is 19.0 Å². The highest BCUT2D eigenvalue weighted by atomic mass is 19.3. The van der Waals surface area contributed by atoms with Crippen LogP contribution in [-0.2, 0) is 6.42 Å². The van der Waals surface area contributed by atoms with Crippen molar-refractivity contribution in [1.82, 2.24) is 9.80 Å². The van der Waals surface area contributed by atoms with Crippen molar-refractivity contribution >= 4 is 11.6 Å². The van der Waals surface area contributed by atoms with Gasteiger partial charge in [0.2, 0.25) is 0 Å². The van der Waals surface area contributed by atoms with Gasteiger partial charge in [-0.2, -0.15) is 0 Å². The number of alkyl halides is 2. The molecule has 3 fully saturated rings. The van der Waals surface area contributed by atoms with Crippen LogP contribution in [0.2, 0.25) is 0 Å². The molecule has 2 heterocycles. The Hall–Kier alpha value is -2.17. The lowest BCUT2D eigenvalue weighted by Gasteiger charge is -2.42. The minimum absolute atomic E-state index is 0.107. The maximum atomic E-state index is 13.2. The Labute approximate surface area is 164 Å². The zero-order valence-electron chi connectivity index (χ0n) is 16.0. The Morgan fingerprint density at radius 3 is 2.64 bits per heavy atom. The van der Waals surface area contributed by atoms with Crippen molar-refractivity contribution in [3.63, 3.8) is 0 Å². The largest absolute Gasteiger partial charge is 0.321 e. The summed E-state index contributed by atoms with van der Waals surface area (Å²) in [6.07, 6.45) is 12.9. The molecule has 1 saturated carbocycles. The summed E-state index contributed by atoms with van der Waals surface area (Å²) in [5.41, 5.74) is 3.94. The molecule has 2 amide bonds. The maximum Gasteiger partial charge on any atom is 0.320 e. The second-order valence-corrected chi connectivity index (χ2v) is 9.02. The normalized spacial score (nSPS) is 26.9. The number of allylic oxidation sites excluding steroid dienone is 4. The van der Waals surface area contributed by atoms with E-state index in [-0.39, 0.29) is 17.5 Å². The minimum atomic E-state index is -2.71. The maximum absolute atomic E-state index is 13.2. The van der Waals surface area contributed by atoms with Crippen molar-refractivity contribution in [2.24, 2.45) is 5.41 Å². The molecule has 0 aromatic heterocycles. The molecule has 5 heteroatoms. The number of hydrogen-bond acceptors (Lipinski definition) is 1. The Balaban J connectivity index is 1.32. The Bertz CT molecular complexity index is 848. The van der Waals surface area contributed by atoms with Gasteiger partial charge in [0, 0.05) is 12.6 Å². The van der Waals surface area contributed by atoms with Crippen LogP contribution in [0.25, 0.3) is 5.57 Å². The van der Waals surface area contributed by atoms with Gasteiger partial charge in [-0.25, -0.2) is 13.6 Å². The van der Waals surface area contributed by atoms with Crippen LogP contribution in [0.4, 0.5) is 13.6 Å². The molecule has 5 rings (SSSR count). The highest BCUT2D eigenvalue weighted by Crippen LogP contribution is 2.55. The molecule has 4 aliphatic rings. The van der Waals surface area contributed by atoms with Crippen LogP contribution in [0.3, 0.4) is 0 Å². The van der Waals surface area contributed by atoms with Gasteiger partial charge in [0.05, 0.1) is 13.1 Å². The molecule has 2 aliphatic heterocycles. The molecular formula is C23H26F2N2O. The molecule has 1 spiro atoms. The summed E-state index contributed by atoms with van der Waals surface area (Å²) in [4.78, 5) is 16.0. The van der Waals surface area contributed by atoms with Gasteiger partial charge in [-0.05, 0) is 60.6 Å². The fraction of sp³-hybridized carbons (Fsp3) is 0.522. The summed E-state index contributed by atoms with van der Waals surface area (Å²) in [5.74, 6) is -2.71. The molecule has 1 unspecified atom stereocenters. The van der Waals surface area contributed by atoms with Crippen molar-refractivity contribution < 1.29 is 13.6 Å². The molecule has 148 valence electrons. The van der Waals surface area contributed by atoms with Crippen LogP contribution < -0.4 is 0 Å². The zero-order valence-corrected chi connectivity index (χ0v) is 16.0. The standard InChI is InChI=1S/C23H26F2N2O/c24-23(25)15-26(16-23)21(28)27-14-22(9-10-22)13-20(27)12-17-5-4-8-19(11-17)18-6-2-1-3-7-18/h2,4-8,11,20H,1,3,9-10,12-16H2. The van der Waals surface area contributed by atoms with Gasteiger partial charge in [-0.15, -0.1) is 0 Å². The van der Waals surface area contributed by atoms with Crippen molar-refractivity contribution in [3.05, 3.63) is 53.6 Å². The van der Waals surface area contributed by atoms with Crippen LogP contribution >= 0.6 is 0 Å². The van der Waals surface area contributed by atoms with Gasteiger partial charge in [0.1, 0.15) is 0 Å². The highest BCUT2D eigenvalue weighted by molar-refractivity contribution is 5.77. The van der Waals surface area contributed by atoms with Crippen LogP contribution in [0.15, 0.2) is 42.5 Å². The fourth-order valence-electron chi connectivity index (χ4n) is 4.92. The summed E-state index contributed by atoms with van der Waals surface area (Å²) in [6, 6.07) is 8.46. The smallest absolute Gasteiger partial charge is 0.320 e. The van der Waals surface area contributed by atoms with Gasteiger partial charge >= 0.3 is 6.03 Å². The van der Waals surface area contributed by atoms with Gasteiger partial charge < -0.3 is 9.80 Å². The summed E-state index contributed by atoms with van der Waals surface area (Å²) >= 11 is 0. The molecule has 3 nitrogen and oxygen atoms in total. The highest BCUT2D eigenvalue weighted by Gasteiger charge is 2.55. The Morgan fingerprint density at radius 1 is 1.14 bits per heavy atom. The number of halogens is 2. The number of benzene rings is 1. The number of amides is 2. The fourth-order valence-corrected chi connectivity index (χ4v) is 4.92. The third-order valence-electron chi connectivity index (χ3n) is 6.66. The van der Waals surface area contributed by atoms with Crippen LogP contribution in [0.5, 0.6) is 0 Å². The van der Waals surface area contributed by atoms with E-state index in [1.807, 2.05) is 4.90 Å². The number of urea groups is 1. The minimum Gasteiger partial charge on any atom is -0.321 e. The first-order chi connectivity index (χ1) is 13.4. The predicted molar refractivity (Wildman–Crippen MR) is 105 cm³/mol. The molecule has 0 N–H and O–H groups in total. The number of carbonyl (C=O) groups is 1. The average Bonchev–Trinajstić information content (AvgIpc) is 3.33. The van der Waals surface area contributed by atoms with E-state index in [9.17, 15) is 13.6 Å². The molecule has 2 saturated heterocycles. The quantitative estimate of drug-likeness (QED) is 0.728. The van der Waals surface area contributed by atoms with Crippen molar-refractivity contribution in [2.45, 2.75) is 50.5 Å². The van der Waals surface area contributed by atoms with Gasteiger partial charge in [-0.1, -0.05) is 42.5 Å². The van der Waals surface area contributed by atoms with E-state index in [1.54, 1.807) is 0 Å². The van der Waals surface area contributed by atoms with Crippen molar-refractivity contribution in [1.29, 1.82) is 0 Å². The average molecular weight is 384 g/mol. The van der Waals surface area contributed by atoms with Crippen LogP contribution in [0, 0.1) is 5.41 Å². The molecule has 0 bridgehead atoms. The molecular weight excluding hydrogens is 358 g/mol. The van der Waals surface area contributed by atoms with E-state index in [1.165, 1.54) is 21.6 Å². The third kappa shape index (κ3) is 3.36. The molecule has 28 heavy (non-hydrogen) atoms. The number of hydrogen-bond donors (Lipinski definition) is 0. The molecule has 2 aliphatic carbocycles. The molecule has 1 aromatic carbocycles. The lowest BCUT2D eigenvalue weighted by molar-refractivity contribution is -0.114. The predicted octanol–water partition coefficient (Wildman–Crippen LogP) is 4.89. The summed E-state index contributed by atoms with van der Waals surface area (Å²) in [5, 5.41) is 0. The van der Waals surface area contributed by atoms with Crippen LogP contribution in [-0.4, -0.2) is 47.4 Å². The van der Waals surface area contributed by atoms with E-state index >= 15 is 0 Å². The van der Waals surface area contributed by atoms with Gasteiger partial charge in [0.15, 0.2) is 0 Å². The molecule has 1 atom stereocenters. The number of carbonyl (C=O) groups excluding carboxylic acids is 1. The lowest BCUT2D eigenvalue weighted by atomic mass is 9.94. The first-order valence-corrected chi connectivity index (χ1v) is 10.3. The van der Waals surface area contributed by atoms with Crippen LogP contribution in [0.1, 0.15) is 43.2 Å². The Morgan fingerprint density at radius 2 is 1.96 bits per heavy atom.